The first kappa shape index (κ1) is 16.3. The van der Waals surface area contributed by atoms with E-state index in [9.17, 15) is 14.4 Å². The summed E-state index contributed by atoms with van der Waals surface area (Å²) < 4.78 is 5.81. The molecule has 0 bridgehead atoms. The SMILES string of the molecule is CC(C)[C@@H]1CC(=O)[C@@]2(C)[C@H]3[C@@H]1OC(=O)[C@H]3[C@H]1C(=O)C[C@@H](C)CC[C@@H]12. The number of Topliss-reactive ketones (excluding diaryl/α,β-unsaturated/α-hetero) is 2. The van der Waals surface area contributed by atoms with Crippen LogP contribution in [0.5, 0.6) is 0 Å². The van der Waals surface area contributed by atoms with Crippen LogP contribution >= 0.6 is 0 Å². The van der Waals surface area contributed by atoms with E-state index in [4.69, 9.17) is 4.74 Å². The lowest BCUT2D eigenvalue weighted by molar-refractivity contribution is -0.159. The summed E-state index contributed by atoms with van der Waals surface area (Å²) in [6.45, 7) is 8.34. The molecule has 4 aliphatic rings. The average molecular weight is 332 g/mol. The van der Waals surface area contributed by atoms with Crippen LogP contribution in [0.2, 0.25) is 0 Å². The number of carbonyl (C=O) groups excluding carboxylic acids is 3. The van der Waals surface area contributed by atoms with Crippen LogP contribution in [0, 0.1) is 46.8 Å². The van der Waals surface area contributed by atoms with Crippen LogP contribution in [0.4, 0.5) is 0 Å². The Balaban J connectivity index is 1.83. The van der Waals surface area contributed by atoms with Crippen LogP contribution in [0.15, 0.2) is 0 Å². The molecule has 4 nitrogen and oxygen atoms in total. The molecule has 0 spiro atoms. The Morgan fingerprint density at radius 1 is 1.08 bits per heavy atom. The largest absolute Gasteiger partial charge is 0.461 e. The zero-order valence-electron chi connectivity index (χ0n) is 15.1. The monoisotopic (exact) mass is 332 g/mol. The maximum Gasteiger partial charge on any atom is 0.310 e. The van der Waals surface area contributed by atoms with Gasteiger partial charge in [-0.05, 0) is 30.6 Å². The molecule has 0 radical (unpaired) electrons. The van der Waals surface area contributed by atoms with Gasteiger partial charge in [-0.25, -0.2) is 0 Å². The van der Waals surface area contributed by atoms with Crippen molar-refractivity contribution in [3.63, 3.8) is 0 Å². The highest BCUT2D eigenvalue weighted by Crippen LogP contribution is 2.66. The van der Waals surface area contributed by atoms with E-state index < -0.39 is 5.41 Å². The van der Waals surface area contributed by atoms with E-state index in [1.54, 1.807) is 0 Å². The fourth-order valence-electron chi connectivity index (χ4n) is 6.45. The van der Waals surface area contributed by atoms with Gasteiger partial charge in [0, 0.05) is 36.0 Å². The molecule has 0 unspecified atom stereocenters. The molecular formula is C20H28O4. The summed E-state index contributed by atoms with van der Waals surface area (Å²) in [5.41, 5.74) is -0.558. The minimum atomic E-state index is -0.558. The minimum absolute atomic E-state index is 0.0286. The van der Waals surface area contributed by atoms with Crippen LogP contribution in [0.1, 0.15) is 53.4 Å². The Labute approximate surface area is 143 Å². The Hall–Kier alpha value is -1.19. The number of ketones is 2. The van der Waals surface area contributed by atoms with Gasteiger partial charge in [-0.3, -0.25) is 14.4 Å². The third kappa shape index (κ3) is 1.89. The second-order valence-corrected chi connectivity index (χ2v) is 9.26. The van der Waals surface area contributed by atoms with Crippen molar-refractivity contribution in [2.24, 2.45) is 46.8 Å². The van der Waals surface area contributed by atoms with Crippen molar-refractivity contribution in [2.45, 2.75) is 59.5 Å². The van der Waals surface area contributed by atoms with Crippen LogP contribution in [-0.2, 0) is 19.1 Å². The molecule has 1 aliphatic heterocycles. The van der Waals surface area contributed by atoms with Crippen molar-refractivity contribution in [1.82, 2.24) is 0 Å². The highest BCUT2D eigenvalue weighted by molar-refractivity contribution is 5.95. The summed E-state index contributed by atoms with van der Waals surface area (Å²) >= 11 is 0. The van der Waals surface area contributed by atoms with Crippen molar-refractivity contribution >= 4 is 17.5 Å². The van der Waals surface area contributed by atoms with E-state index in [-0.39, 0.29) is 53.2 Å². The highest BCUT2D eigenvalue weighted by Gasteiger charge is 2.73. The summed E-state index contributed by atoms with van der Waals surface area (Å²) in [6, 6.07) is 0. The fraction of sp³-hybridized carbons (Fsp3) is 0.850. The van der Waals surface area contributed by atoms with Gasteiger partial charge >= 0.3 is 5.97 Å². The summed E-state index contributed by atoms with van der Waals surface area (Å²) in [6.07, 6.45) is 2.71. The molecule has 3 saturated carbocycles. The first-order chi connectivity index (χ1) is 11.3. The normalized spacial score (nSPS) is 50.5. The molecule has 0 N–H and O–H groups in total. The van der Waals surface area contributed by atoms with E-state index in [2.05, 4.69) is 20.8 Å². The lowest BCUT2D eigenvalue weighted by Gasteiger charge is -2.45. The molecule has 24 heavy (non-hydrogen) atoms. The first-order valence-electron chi connectivity index (χ1n) is 9.53. The van der Waals surface area contributed by atoms with Crippen LogP contribution in [0.25, 0.3) is 0 Å². The molecule has 1 heterocycles. The highest BCUT2D eigenvalue weighted by atomic mass is 16.6. The van der Waals surface area contributed by atoms with Gasteiger partial charge in [0.05, 0.1) is 5.92 Å². The molecule has 3 aliphatic carbocycles. The second kappa shape index (κ2) is 5.15. The summed E-state index contributed by atoms with van der Waals surface area (Å²) in [5, 5.41) is 0. The molecule has 0 aromatic rings. The van der Waals surface area contributed by atoms with Crippen molar-refractivity contribution < 1.29 is 19.1 Å². The van der Waals surface area contributed by atoms with Crippen molar-refractivity contribution in [3.8, 4) is 0 Å². The lowest BCUT2D eigenvalue weighted by atomic mass is 9.58. The molecule has 4 fully saturated rings. The predicted octanol–water partition coefficient (Wildman–Crippen LogP) is 3.03. The first-order valence-corrected chi connectivity index (χ1v) is 9.53. The Morgan fingerprint density at radius 3 is 2.46 bits per heavy atom. The third-order valence-corrected chi connectivity index (χ3v) is 7.74. The molecule has 8 atom stereocenters. The molecule has 0 aromatic heterocycles. The molecule has 0 amide bonds. The fourth-order valence-corrected chi connectivity index (χ4v) is 6.45. The van der Waals surface area contributed by atoms with Gasteiger partial charge in [-0.15, -0.1) is 0 Å². The second-order valence-electron chi connectivity index (χ2n) is 9.26. The number of hydrogen-bond acceptors (Lipinski definition) is 4. The van der Waals surface area contributed by atoms with E-state index in [0.717, 1.165) is 12.8 Å². The van der Waals surface area contributed by atoms with Gasteiger partial charge in [-0.1, -0.05) is 27.7 Å². The van der Waals surface area contributed by atoms with E-state index in [1.165, 1.54) is 0 Å². The molecule has 132 valence electrons. The van der Waals surface area contributed by atoms with Gasteiger partial charge in [0.1, 0.15) is 17.7 Å². The van der Waals surface area contributed by atoms with Gasteiger partial charge in [0.2, 0.25) is 0 Å². The zero-order chi connectivity index (χ0) is 17.4. The van der Waals surface area contributed by atoms with Crippen molar-refractivity contribution in [1.29, 1.82) is 0 Å². The van der Waals surface area contributed by atoms with Crippen molar-refractivity contribution in [2.75, 3.05) is 0 Å². The summed E-state index contributed by atoms with van der Waals surface area (Å²) in [7, 11) is 0. The zero-order valence-corrected chi connectivity index (χ0v) is 15.1. The van der Waals surface area contributed by atoms with E-state index >= 15 is 0 Å². The molecule has 4 rings (SSSR count). The van der Waals surface area contributed by atoms with Crippen LogP contribution in [0.3, 0.4) is 0 Å². The number of esters is 1. The van der Waals surface area contributed by atoms with Gasteiger partial charge in [0.25, 0.3) is 0 Å². The number of hydrogen-bond donors (Lipinski definition) is 0. The summed E-state index contributed by atoms with van der Waals surface area (Å²) in [4.78, 5) is 38.9. The maximum atomic E-state index is 13.2. The maximum absolute atomic E-state index is 13.2. The smallest absolute Gasteiger partial charge is 0.310 e. The Bertz CT molecular complexity index is 609. The predicted molar refractivity (Wildman–Crippen MR) is 87.9 cm³/mol. The van der Waals surface area contributed by atoms with Crippen LogP contribution < -0.4 is 0 Å². The summed E-state index contributed by atoms with van der Waals surface area (Å²) in [5.74, 6) is 0.250. The number of fused-ring (bicyclic) bond motifs is 3. The molecule has 4 heteroatoms. The quantitative estimate of drug-likeness (QED) is 0.693. The topological polar surface area (TPSA) is 60.4 Å². The molecule has 1 saturated heterocycles. The standard InChI is InChI=1S/C20H28O4/c1-9(2)11-8-14(22)20(4)12-6-5-10(3)7-13(21)15(12)16-17(20)18(11)24-19(16)23/h9-12,15-18H,5-8H2,1-4H3/t10-,11-,12-,15+,16-,17+,18+,20-/m0/s1. The Kier molecular flexibility index (Phi) is 3.50. The number of carbonyl (C=O) groups is 3. The number of ether oxygens (including phenoxy) is 1. The minimum Gasteiger partial charge on any atom is -0.461 e. The number of rotatable bonds is 1. The molecular weight excluding hydrogens is 304 g/mol. The van der Waals surface area contributed by atoms with Gasteiger partial charge in [0.15, 0.2) is 0 Å². The van der Waals surface area contributed by atoms with Gasteiger partial charge < -0.3 is 4.74 Å². The molecule has 0 aromatic carbocycles. The lowest BCUT2D eigenvalue weighted by Crippen LogP contribution is -2.51. The van der Waals surface area contributed by atoms with Crippen molar-refractivity contribution in [3.05, 3.63) is 0 Å². The third-order valence-electron chi connectivity index (χ3n) is 7.74. The van der Waals surface area contributed by atoms with Crippen LogP contribution in [-0.4, -0.2) is 23.6 Å². The average Bonchev–Trinajstić information content (AvgIpc) is 2.92. The Morgan fingerprint density at radius 2 is 1.79 bits per heavy atom. The van der Waals surface area contributed by atoms with Gasteiger partial charge in [-0.2, -0.15) is 0 Å². The van der Waals surface area contributed by atoms with E-state index in [0.29, 0.717) is 24.7 Å². The van der Waals surface area contributed by atoms with E-state index in [1.807, 2.05) is 6.92 Å².